The van der Waals surface area contributed by atoms with Gasteiger partial charge in [-0.2, -0.15) is 0 Å². The second-order valence-corrected chi connectivity index (χ2v) is 9.46. The number of nitrogens with one attached hydrogen (secondary N) is 1. The lowest BCUT2D eigenvalue weighted by Crippen LogP contribution is -2.57. The molecule has 8 nitrogen and oxygen atoms in total. The van der Waals surface area contributed by atoms with Crippen LogP contribution in [0.1, 0.15) is 52.4 Å². The fourth-order valence-corrected chi connectivity index (χ4v) is 5.29. The molecular weight excluding hydrogens is 372 g/mol. The van der Waals surface area contributed by atoms with Gasteiger partial charge < -0.3 is 19.9 Å². The number of amides is 4. The average Bonchev–Trinajstić information content (AvgIpc) is 3.31. The van der Waals surface area contributed by atoms with E-state index in [1.165, 1.54) is 4.90 Å². The zero-order valence-corrected chi connectivity index (χ0v) is 17.7. The Morgan fingerprint density at radius 2 is 1.93 bits per heavy atom. The normalized spacial score (nSPS) is 30.4. The zero-order valence-electron chi connectivity index (χ0n) is 17.7. The molecule has 0 saturated carbocycles. The molecule has 29 heavy (non-hydrogen) atoms. The molecule has 4 heterocycles. The first-order chi connectivity index (χ1) is 13.9. The van der Waals surface area contributed by atoms with E-state index in [0.29, 0.717) is 38.5 Å². The predicted octanol–water partition coefficient (Wildman–Crippen LogP) is 1.20. The molecule has 1 spiro atoms. The molecule has 2 atom stereocenters. The van der Waals surface area contributed by atoms with Gasteiger partial charge in [0.2, 0.25) is 0 Å². The highest BCUT2D eigenvalue weighted by atomic mass is 16.5. The van der Waals surface area contributed by atoms with Gasteiger partial charge in [0.25, 0.3) is 11.8 Å². The fraction of sp³-hybridized carbons (Fsp3) is 0.857. The molecule has 162 valence electrons. The molecule has 0 aromatic rings. The van der Waals surface area contributed by atoms with Crippen molar-refractivity contribution in [2.75, 3.05) is 39.3 Å². The van der Waals surface area contributed by atoms with E-state index in [9.17, 15) is 14.4 Å². The minimum absolute atomic E-state index is 0.0101. The molecule has 8 heteroatoms. The number of nitrogens with zero attached hydrogens (tertiary/aromatic N) is 3. The Morgan fingerprint density at radius 3 is 2.59 bits per heavy atom. The van der Waals surface area contributed by atoms with Crippen LogP contribution in [0.2, 0.25) is 0 Å². The van der Waals surface area contributed by atoms with Gasteiger partial charge in [-0.1, -0.05) is 13.8 Å². The summed E-state index contributed by atoms with van der Waals surface area (Å²) >= 11 is 0. The SMILES string of the molecule is CC(C)CN1CCC2(CC1)NC(=O)N([C@H]1CCCN(C(=O)[C@H]3CCCO3)C1)C2=O. The lowest BCUT2D eigenvalue weighted by Gasteiger charge is -2.39. The number of piperidine rings is 2. The Hall–Kier alpha value is -1.67. The van der Waals surface area contributed by atoms with Crippen LogP contribution in [0.5, 0.6) is 0 Å². The Labute approximate surface area is 172 Å². The summed E-state index contributed by atoms with van der Waals surface area (Å²) in [4.78, 5) is 44.5. The van der Waals surface area contributed by atoms with Gasteiger partial charge in [0.1, 0.15) is 11.6 Å². The van der Waals surface area contributed by atoms with Crippen LogP contribution in [0.15, 0.2) is 0 Å². The van der Waals surface area contributed by atoms with Crippen LogP contribution < -0.4 is 5.32 Å². The van der Waals surface area contributed by atoms with Crippen molar-refractivity contribution in [1.29, 1.82) is 0 Å². The molecule has 0 radical (unpaired) electrons. The van der Waals surface area contributed by atoms with Crippen molar-refractivity contribution in [1.82, 2.24) is 20.0 Å². The Bertz CT molecular complexity index is 653. The lowest BCUT2D eigenvalue weighted by molar-refractivity contribution is -0.145. The van der Waals surface area contributed by atoms with Gasteiger partial charge in [-0.25, -0.2) is 4.79 Å². The summed E-state index contributed by atoms with van der Waals surface area (Å²) in [6.45, 7) is 8.80. The Kier molecular flexibility index (Phi) is 5.84. The van der Waals surface area contributed by atoms with Gasteiger partial charge in [0.15, 0.2) is 0 Å². The van der Waals surface area contributed by atoms with E-state index in [1.807, 2.05) is 0 Å². The van der Waals surface area contributed by atoms with Gasteiger partial charge in [0.05, 0.1) is 6.04 Å². The molecule has 4 aliphatic rings. The standard InChI is InChI=1S/C21H34N4O4/c1-15(2)13-23-10-7-21(8-11-23)19(27)25(20(28)22-21)16-5-3-9-24(14-16)18(26)17-6-4-12-29-17/h15-17H,3-14H2,1-2H3,(H,22,28)/t16-,17+/m0/s1. The maximum absolute atomic E-state index is 13.3. The fourth-order valence-electron chi connectivity index (χ4n) is 5.29. The predicted molar refractivity (Wildman–Crippen MR) is 107 cm³/mol. The van der Waals surface area contributed by atoms with E-state index in [2.05, 4.69) is 24.1 Å². The molecule has 0 aliphatic carbocycles. The maximum Gasteiger partial charge on any atom is 0.325 e. The van der Waals surface area contributed by atoms with Crippen LogP contribution in [0.3, 0.4) is 0 Å². The average molecular weight is 407 g/mol. The number of carbonyl (C=O) groups excluding carboxylic acids is 3. The monoisotopic (exact) mass is 406 g/mol. The largest absolute Gasteiger partial charge is 0.368 e. The van der Waals surface area contributed by atoms with Crippen molar-refractivity contribution in [3.05, 3.63) is 0 Å². The molecule has 0 aromatic heterocycles. The van der Waals surface area contributed by atoms with Gasteiger partial charge >= 0.3 is 6.03 Å². The van der Waals surface area contributed by atoms with Crippen LogP contribution in [-0.4, -0.2) is 89.6 Å². The van der Waals surface area contributed by atoms with Crippen LogP contribution in [0, 0.1) is 5.92 Å². The second-order valence-electron chi connectivity index (χ2n) is 9.46. The second kappa shape index (κ2) is 8.22. The third-order valence-electron chi connectivity index (χ3n) is 6.80. The molecule has 4 amide bonds. The quantitative estimate of drug-likeness (QED) is 0.710. The van der Waals surface area contributed by atoms with Crippen LogP contribution in [0.25, 0.3) is 0 Å². The van der Waals surface area contributed by atoms with Crippen LogP contribution in [0.4, 0.5) is 4.79 Å². The van der Waals surface area contributed by atoms with Crippen molar-refractivity contribution in [2.24, 2.45) is 5.92 Å². The van der Waals surface area contributed by atoms with Gasteiger partial charge in [0, 0.05) is 39.3 Å². The van der Waals surface area contributed by atoms with E-state index in [4.69, 9.17) is 4.74 Å². The highest BCUT2D eigenvalue weighted by Gasteiger charge is 2.54. The minimum Gasteiger partial charge on any atom is -0.368 e. The van der Waals surface area contributed by atoms with Crippen molar-refractivity contribution in [3.63, 3.8) is 0 Å². The number of carbonyl (C=O) groups is 3. The summed E-state index contributed by atoms with van der Waals surface area (Å²) < 4.78 is 5.54. The highest BCUT2D eigenvalue weighted by molar-refractivity contribution is 6.07. The highest BCUT2D eigenvalue weighted by Crippen LogP contribution is 2.33. The van der Waals surface area contributed by atoms with Gasteiger partial charge in [-0.05, 0) is 44.4 Å². The Morgan fingerprint density at radius 1 is 1.17 bits per heavy atom. The summed E-state index contributed by atoms with van der Waals surface area (Å²) in [6, 6.07) is -0.529. The summed E-state index contributed by atoms with van der Waals surface area (Å²) in [5.41, 5.74) is -0.759. The molecule has 0 unspecified atom stereocenters. The summed E-state index contributed by atoms with van der Waals surface area (Å²) in [6.07, 6.45) is 4.20. The third-order valence-corrected chi connectivity index (χ3v) is 6.80. The number of hydrogen-bond donors (Lipinski definition) is 1. The molecule has 0 aromatic carbocycles. The van der Waals surface area contributed by atoms with E-state index >= 15 is 0 Å². The molecule has 4 saturated heterocycles. The third kappa shape index (κ3) is 4.01. The van der Waals surface area contributed by atoms with E-state index in [0.717, 1.165) is 45.3 Å². The number of ether oxygens (including phenoxy) is 1. The first kappa shape index (κ1) is 20.6. The smallest absolute Gasteiger partial charge is 0.325 e. The topological polar surface area (TPSA) is 82.2 Å². The van der Waals surface area contributed by atoms with Crippen LogP contribution >= 0.6 is 0 Å². The van der Waals surface area contributed by atoms with E-state index in [1.54, 1.807) is 4.90 Å². The van der Waals surface area contributed by atoms with Crippen molar-refractivity contribution in [2.45, 2.75) is 70.1 Å². The minimum atomic E-state index is -0.759. The lowest BCUT2D eigenvalue weighted by atomic mass is 9.86. The van der Waals surface area contributed by atoms with Crippen molar-refractivity contribution >= 4 is 17.8 Å². The molecule has 4 fully saturated rings. The molecule has 1 N–H and O–H groups in total. The van der Waals surface area contributed by atoms with Gasteiger partial charge in [-0.3, -0.25) is 14.5 Å². The number of imide groups is 1. The number of rotatable bonds is 4. The molecule has 4 aliphatic heterocycles. The molecule has 4 rings (SSSR count). The summed E-state index contributed by atoms with van der Waals surface area (Å²) in [5, 5.41) is 3.02. The maximum atomic E-state index is 13.3. The van der Waals surface area contributed by atoms with Crippen molar-refractivity contribution < 1.29 is 19.1 Å². The number of urea groups is 1. The number of likely N-dealkylation sites (tertiary alicyclic amines) is 2. The van der Waals surface area contributed by atoms with E-state index < -0.39 is 5.54 Å². The Balaban J connectivity index is 1.40. The first-order valence-electron chi connectivity index (χ1n) is 11.2. The summed E-state index contributed by atoms with van der Waals surface area (Å²) in [5.74, 6) is 0.503. The zero-order chi connectivity index (χ0) is 20.6. The summed E-state index contributed by atoms with van der Waals surface area (Å²) in [7, 11) is 0. The van der Waals surface area contributed by atoms with E-state index in [-0.39, 0.29) is 30.0 Å². The van der Waals surface area contributed by atoms with Crippen molar-refractivity contribution in [3.8, 4) is 0 Å². The number of hydrogen-bond acceptors (Lipinski definition) is 5. The molecular formula is C21H34N4O4. The first-order valence-corrected chi connectivity index (χ1v) is 11.2. The van der Waals surface area contributed by atoms with Crippen LogP contribution in [-0.2, 0) is 14.3 Å². The van der Waals surface area contributed by atoms with Gasteiger partial charge in [-0.15, -0.1) is 0 Å². The molecule has 0 bridgehead atoms.